The monoisotopic (exact) mass is 453 g/mol. The largest absolute Gasteiger partial charge is 0.477 e. The molecule has 0 fully saturated rings. The second kappa shape index (κ2) is 6.07. The highest BCUT2D eigenvalue weighted by Crippen LogP contribution is 2.31. The zero-order valence-electron chi connectivity index (χ0n) is 10.6. The zero-order chi connectivity index (χ0) is 15.8. The van der Waals surface area contributed by atoms with Gasteiger partial charge in [-0.2, -0.15) is 0 Å². The standard InChI is InChI=1S/C12H9Br2NO4S2/c1-6-11(5-10(20-6)12(16)17)21(18,19)15-9-4-7(13)2-3-8(9)14/h2-5,15H,1H3,(H,16,17). The molecule has 0 aliphatic heterocycles. The molecule has 0 amide bonds. The Hall–Kier alpha value is -0.900. The van der Waals surface area contributed by atoms with E-state index >= 15 is 0 Å². The van der Waals surface area contributed by atoms with Gasteiger partial charge in [-0.15, -0.1) is 11.3 Å². The highest BCUT2D eigenvalue weighted by atomic mass is 79.9. The Balaban J connectivity index is 2.43. The van der Waals surface area contributed by atoms with Gasteiger partial charge in [0.05, 0.1) is 5.69 Å². The van der Waals surface area contributed by atoms with Gasteiger partial charge in [0.25, 0.3) is 10.0 Å². The number of hydrogen-bond acceptors (Lipinski definition) is 4. The van der Waals surface area contributed by atoms with Crippen molar-refractivity contribution in [2.24, 2.45) is 0 Å². The summed E-state index contributed by atoms with van der Waals surface area (Å²) in [5.74, 6) is -1.15. The van der Waals surface area contributed by atoms with E-state index in [0.717, 1.165) is 21.9 Å². The molecule has 0 unspecified atom stereocenters. The molecule has 9 heteroatoms. The van der Waals surface area contributed by atoms with Crippen LogP contribution in [-0.4, -0.2) is 19.5 Å². The number of carboxylic acids is 1. The molecule has 1 aromatic carbocycles. The molecule has 112 valence electrons. The molecule has 2 N–H and O–H groups in total. The number of aryl methyl sites for hydroxylation is 1. The highest BCUT2D eigenvalue weighted by Gasteiger charge is 2.23. The van der Waals surface area contributed by atoms with Crippen LogP contribution in [0.5, 0.6) is 0 Å². The van der Waals surface area contributed by atoms with Crippen LogP contribution in [0.15, 0.2) is 38.1 Å². The Morgan fingerprint density at radius 2 is 1.95 bits per heavy atom. The van der Waals surface area contributed by atoms with Gasteiger partial charge in [0.15, 0.2) is 0 Å². The van der Waals surface area contributed by atoms with E-state index in [1.165, 1.54) is 0 Å². The first-order valence-electron chi connectivity index (χ1n) is 5.52. The molecule has 0 bridgehead atoms. The molecular weight excluding hydrogens is 446 g/mol. The Morgan fingerprint density at radius 1 is 1.29 bits per heavy atom. The van der Waals surface area contributed by atoms with Gasteiger partial charge in [0.2, 0.25) is 0 Å². The maximum absolute atomic E-state index is 12.4. The minimum absolute atomic E-state index is 0.0128. The summed E-state index contributed by atoms with van der Waals surface area (Å²) in [4.78, 5) is 11.3. The fraction of sp³-hybridized carbons (Fsp3) is 0.0833. The molecule has 0 saturated heterocycles. The third kappa shape index (κ3) is 3.65. The van der Waals surface area contributed by atoms with E-state index in [-0.39, 0.29) is 9.77 Å². The SMILES string of the molecule is Cc1sc(C(=O)O)cc1S(=O)(=O)Nc1cc(Br)ccc1Br. The Morgan fingerprint density at radius 3 is 2.52 bits per heavy atom. The summed E-state index contributed by atoms with van der Waals surface area (Å²) in [5.41, 5.74) is 0.367. The Bertz CT molecular complexity index is 815. The number of anilines is 1. The van der Waals surface area contributed by atoms with Crippen LogP contribution < -0.4 is 4.72 Å². The third-order valence-corrected chi connectivity index (χ3v) is 6.39. The second-order valence-corrected chi connectivity index (χ2v) is 8.74. The molecule has 2 aromatic rings. The lowest BCUT2D eigenvalue weighted by Crippen LogP contribution is -2.13. The molecule has 2 rings (SSSR count). The number of nitrogens with one attached hydrogen (secondary N) is 1. The van der Waals surface area contributed by atoms with Crippen molar-refractivity contribution in [1.82, 2.24) is 0 Å². The van der Waals surface area contributed by atoms with Crippen LogP contribution in [0.2, 0.25) is 0 Å². The van der Waals surface area contributed by atoms with Crippen molar-refractivity contribution in [2.75, 3.05) is 4.72 Å². The highest BCUT2D eigenvalue weighted by molar-refractivity contribution is 9.11. The number of hydrogen-bond donors (Lipinski definition) is 2. The summed E-state index contributed by atoms with van der Waals surface area (Å²) in [6, 6.07) is 6.24. The van der Waals surface area contributed by atoms with E-state index in [1.807, 2.05) is 0 Å². The van der Waals surface area contributed by atoms with E-state index in [1.54, 1.807) is 25.1 Å². The number of benzene rings is 1. The topological polar surface area (TPSA) is 83.5 Å². The first kappa shape index (κ1) is 16.5. The van der Waals surface area contributed by atoms with Crippen LogP contribution >= 0.6 is 43.2 Å². The maximum Gasteiger partial charge on any atom is 0.345 e. The Kier molecular flexibility index (Phi) is 4.76. The van der Waals surface area contributed by atoms with Gasteiger partial charge in [-0.25, -0.2) is 13.2 Å². The normalized spacial score (nSPS) is 11.4. The molecule has 1 heterocycles. The van der Waals surface area contributed by atoms with Crippen LogP contribution in [0.3, 0.4) is 0 Å². The van der Waals surface area contributed by atoms with Crippen LogP contribution in [0.25, 0.3) is 0 Å². The number of halogens is 2. The van der Waals surface area contributed by atoms with Gasteiger partial charge >= 0.3 is 5.97 Å². The van der Waals surface area contributed by atoms with Crippen molar-refractivity contribution < 1.29 is 18.3 Å². The summed E-state index contributed by atoms with van der Waals surface area (Å²) in [6.45, 7) is 1.57. The fourth-order valence-corrected chi connectivity index (χ4v) is 4.95. The molecule has 0 atom stereocenters. The average Bonchev–Trinajstić information content (AvgIpc) is 2.77. The van der Waals surface area contributed by atoms with E-state index in [9.17, 15) is 13.2 Å². The number of aromatic carboxylic acids is 1. The lowest BCUT2D eigenvalue weighted by Gasteiger charge is -2.09. The number of carbonyl (C=O) groups is 1. The molecule has 5 nitrogen and oxygen atoms in total. The summed E-state index contributed by atoms with van der Waals surface area (Å²) in [5, 5.41) is 8.94. The number of thiophene rings is 1. The first-order valence-corrected chi connectivity index (χ1v) is 9.41. The lowest BCUT2D eigenvalue weighted by molar-refractivity contribution is 0.0702. The fourth-order valence-electron chi connectivity index (χ4n) is 1.61. The van der Waals surface area contributed by atoms with E-state index in [2.05, 4.69) is 36.6 Å². The molecular formula is C12H9Br2NO4S2. The van der Waals surface area contributed by atoms with Crippen molar-refractivity contribution in [2.45, 2.75) is 11.8 Å². The number of sulfonamides is 1. The minimum Gasteiger partial charge on any atom is -0.477 e. The lowest BCUT2D eigenvalue weighted by atomic mass is 10.3. The summed E-state index contributed by atoms with van der Waals surface area (Å²) in [7, 11) is -3.85. The van der Waals surface area contributed by atoms with Gasteiger partial charge in [0, 0.05) is 13.8 Å². The van der Waals surface area contributed by atoms with Gasteiger partial charge < -0.3 is 5.11 Å². The van der Waals surface area contributed by atoms with Crippen molar-refractivity contribution in [1.29, 1.82) is 0 Å². The zero-order valence-corrected chi connectivity index (χ0v) is 15.4. The molecule has 0 aliphatic rings. The van der Waals surface area contributed by atoms with Crippen LogP contribution in [0.4, 0.5) is 5.69 Å². The molecule has 1 aromatic heterocycles. The van der Waals surface area contributed by atoms with Gasteiger partial charge in [0.1, 0.15) is 9.77 Å². The van der Waals surface area contributed by atoms with Gasteiger partial charge in [-0.3, -0.25) is 4.72 Å². The second-order valence-electron chi connectivity index (χ2n) is 4.07. The molecule has 0 saturated carbocycles. The van der Waals surface area contributed by atoms with Gasteiger partial charge in [-0.05, 0) is 47.1 Å². The van der Waals surface area contributed by atoms with Gasteiger partial charge in [-0.1, -0.05) is 15.9 Å². The van der Waals surface area contributed by atoms with E-state index in [0.29, 0.717) is 15.0 Å². The van der Waals surface area contributed by atoms with Crippen LogP contribution in [0, 0.1) is 6.92 Å². The number of rotatable bonds is 4. The van der Waals surface area contributed by atoms with E-state index < -0.39 is 16.0 Å². The van der Waals surface area contributed by atoms with Crippen molar-refractivity contribution in [3.05, 3.63) is 43.0 Å². The number of carboxylic acid groups (broad SMARTS) is 1. The summed E-state index contributed by atoms with van der Waals surface area (Å²) in [6.07, 6.45) is 0. The maximum atomic E-state index is 12.4. The predicted molar refractivity (Wildman–Crippen MR) is 88.7 cm³/mol. The predicted octanol–water partition coefficient (Wildman–Crippen LogP) is 4.08. The van der Waals surface area contributed by atoms with Crippen LogP contribution in [0.1, 0.15) is 14.5 Å². The van der Waals surface area contributed by atoms with Crippen molar-refractivity contribution >= 4 is 64.9 Å². The first-order chi connectivity index (χ1) is 9.70. The van der Waals surface area contributed by atoms with E-state index in [4.69, 9.17) is 5.11 Å². The van der Waals surface area contributed by atoms with Crippen molar-refractivity contribution in [3.63, 3.8) is 0 Å². The van der Waals surface area contributed by atoms with Crippen LogP contribution in [-0.2, 0) is 10.0 Å². The average molecular weight is 455 g/mol. The summed E-state index contributed by atoms with van der Waals surface area (Å²) >= 11 is 7.46. The quantitative estimate of drug-likeness (QED) is 0.728. The molecule has 0 aliphatic carbocycles. The molecule has 0 spiro atoms. The molecule has 0 radical (unpaired) electrons. The minimum atomic E-state index is -3.85. The third-order valence-electron chi connectivity index (χ3n) is 2.55. The summed E-state index contributed by atoms with van der Waals surface area (Å²) < 4.78 is 28.5. The molecule has 21 heavy (non-hydrogen) atoms. The van der Waals surface area contributed by atoms with Crippen molar-refractivity contribution in [3.8, 4) is 0 Å². The smallest absolute Gasteiger partial charge is 0.345 e. The Labute approximate surface area is 142 Å².